The van der Waals surface area contributed by atoms with Crippen molar-refractivity contribution in [1.82, 2.24) is 4.90 Å². The Kier molecular flexibility index (Phi) is 4.49. The summed E-state index contributed by atoms with van der Waals surface area (Å²) in [4.78, 5) is 14.8. The van der Waals surface area contributed by atoms with E-state index < -0.39 is 5.79 Å². The van der Waals surface area contributed by atoms with Gasteiger partial charge in [0.1, 0.15) is 0 Å². The van der Waals surface area contributed by atoms with Crippen molar-refractivity contribution in [3.05, 3.63) is 18.2 Å². The number of nitrogens with one attached hydrogen (secondary N) is 1. The first kappa shape index (κ1) is 18.4. The largest absolute Gasteiger partial charge is 0.449 e. The number of rotatable bonds is 4. The van der Waals surface area contributed by atoms with Gasteiger partial charge in [-0.05, 0) is 38.3 Å². The summed E-state index contributed by atoms with van der Waals surface area (Å²) in [6.45, 7) is 6.52. The van der Waals surface area contributed by atoms with E-state index in [0.717, 1.165) is 25.9 Å². The van der Waals surface area contributed by atoms with Crippen molar-refractivity contribution in [2.75, 3.05) is 19.0 Å². The van der Waals surface area contributed by atoms with Crippen molar-refractivity contribution >= 4 is 11.7 Å². The van der Waals surface area contributed by atoms with Gasteiger partial charge in [-0.1, -0.05) is 12.8 Å². The van der Waals surface area contributed by atoms with Crippen molar-refractivity contribution in [2.45, 2.75) is 70.8 Å². The second-order valence-corrected chi connectivity index (χ2v) is 8.44. The Hall–Kier alpha value is -1.95. The molecule has 148 valence electrons. The number of carbonyl (C=O) groups excluding carboxylic acids is 1. The molecule has 1 aromatic carbocycles. The molecule has 6 nitrogen and oxygen atoms in total. The quantitative estimate of drug-likeness (QED) is 0.849. The lowest BCUT2D eigenvalue weighted by Crippen LogP contribution is -2.64. The highest BCUT2D eigenvalue weighted by Gasteiger charge is 2.58. The molecular weight excluding hydrogens is 344 g/mol. The summed E-state index contributed by atoms with van der Waals surface area (Å²) in [5.74, 6) is 0.694. The molecule has 1 heterocycles. The summed E-state index contributed by atoms with van der Waals surface area (Å²) in [6.07, 6.45) is 5.98. The predicted molar refractivity (Wildman–Crippen MR) is 103 cm³/mol. The van der Waals surface area contributed by atoms with Crippen LogP contribution >= 0.6 is 0 Å². The zero-order chi connectivity index (χ0) is 19.2. The SMILES string of the molecule is CCO[C@H]1C[C@H](N(C)C(=O)Nc2ccc3c(c2)OC(C)(C)O3)C12CCCC2. The van der Waals surface area contributed by atoms with Crippen molar-refractivity contribution in [1.29, 1.82) is 0 Å². The number of carbonyl (C=O) groups is 1. The van der Waals surface area contributed by atoms with Crippen molar-refractivity contribution in [3.63, 3.8) is 0 Å². The molecular formula is C21H30N2O4. The van der Waals surface area contributed by atoms with Gasteiger partial charge in [0.2, 0.25) is 5.79 Å². The number of nitrogens with zero attached hydrogens (tertiary/aromatic N) is 1. The molecule has 1 aromatic rings. The normalized spacial score (nSPS) is 26.7. The number of amides is 2. The fraction of sp³-hybridized carbons (Fsp3) is 0.667. The fourth-order valence-electron chi connectivity index (χ4n) is 5.05. The average Bonchev–Trinajstić information content (AvgIpc) is 3.22. The molecule has 2 atom stereocenters. The first-order valence-electron chi connectivity index (χ1n) is 10.0. The van der Waals surface area contributed by atoms with Crippen molar-refractivity contribution in [2.24, 2.45) is 5.41 Å². The monoisotopic (exact) mass is 374 g/mol. The second kappa shape index (κ2) is 6.59. The molecule has 6 heteroatoms. The smallest absolute Gasteiger partial charge is 0.321 e. The zero-order valence-corrected chi connectivity index (χ0v) is 16.7. The van der Waals surface area contributed by atoms with Crippen LogP contribution in [0.1, 0.15) is 52.9 Å². The van der Waals surface area contributed by atoms with Crippen LogP contribution in [0.5, 0.6) is 11.5 Å². The van der Waals surface area contributed by atoms with Crippen LogP contribution in [0.2, 0.25) is 0 Å². The first-order valence-corrected chi connectivity index (χ1v) is 10.0. The van der Waals surface area contributed by atoms with Crippen LogP contribution in [-0.2, 0) is 4.74 Å². The molecule has 1 aliphatic heterocycles. The minimum Gasteiger partial charge on any atom is -0.449 e. The number of anilines is 1. The second-order valence-electron chi connectivity index (χ2n) is 8.44. The average molecular weight is 374 g/mol. The van der Waals surface area contributed by atoms with Gasteiger partial charge >= 0.3 is 6.03 Å². The van der Waals surface area contributed by atoms with Gasteiger partial charge < -0.3 is 24.4 Å². The highest BCUT2D eigenvalue weighted by Crippen LogP contribution is 2.56. The van der Waals surface area contributed by atoms with Crippen LogP contribution in [0.25, 0.3) is 0 Å². The van der Waals surface area contributed by atoms with Gasteiger partial charge in [0.05, 0.1) is 6.10 Å². The van der Waals surface area contributed by atoms with E-state index in [1.165, 1.54) is 12.8 Å². The summed E-state index contributed by atoms with van der Waals surface area (Å²) >= 11 is 0. The number of hydrogen-bond acceptors (Lipinski definition) is 4. The lowest BCUT2D eigenvalue weighted by Gasteiger charge is -2.56. The minimum atomic E-state index is -0.670. The van der Waals surface area contributed by atoms with Crippen LogP contribution in [-0.4, -0.2) is 42.5 Å². The van der Waals surface area contributed by atoms with E-state index in [0.29, 0.717) is 17.2 Å². The Bertz CT molecular complexity index is 727. The van der Waals surface area contributed by atoms with Crippen molar-refractivity contribution in [3.8, 4) is 11.5 Å². The van der Waals surface area contributed by atoms with Crippen molar-refractivity contribution < 1.29 is 19.0 Å². The van der Waals surface area contributed by atoms with Crippen LogP contribution in [0.3, 0.4) is 0 Å². The molecule has 0 saturated heterocycles. The molecule has 3 aliphatic rings. The van der Waals surface area contributed by atoms with E-state index >= 15 is 0 Å². The van der Waals surface area contributed by atoms with Crippen LogP contribution in [0.15, 0.2) is 18.2 Å². The molecule has 0 unspecified atom stereocenters. The minimum absolute atomic E-state index is 0.0839. The molecule has 2 aliphatic carbocycles. The molecule has 2 saturated carbocycles. The standard InChI is InChI=1S/C21H30N2O4/c1-5-25-18-13-17(21(18)10-6-7-11-21)23(4)19(24)22-14-8-9-15-16(12-14)27-20(2,3)26-15/h8-9,12,17-18H,5-7,10-11,13H2,1-4H3,(H,22,24)/t17-,18-/m0/s1. The summed E-state index contributed by atoms with van der Waals surface area (Å²) < 4.78 is 17.5. The summed E-state index contributed by atoms with van der Waals surface area (Å²) in [5.41, 5.74) is 0.856. The number of benzene rings is 1. The summed E-state index contributed by atoms with van der Waals surface area (Å²) in [6, 6.07) is 5.67. The molecule has 0 bridgehead atoms. The molecule has 4 rings (SSSR count). The number of ether oxygens (including phenoxy) is 3. The van der Waals surface area contributed by atoms with Gasteiger partial charge in [0, 0.05) is 50.7 Å². The zero-order valence-electron chi connectivity index (χ0n) is 16.7. The number of fused-ring (bicyclic) bond motifs is 1. The van der Waals surface area contributed by atoms with Gasteiger partial charge in [0.25, 0.3) is 0 Å². The van der Waals surface area contributed by atoms with E-state index in [2.05, 4.69) is 5.32 Å². The van der Waals surface area contributed by atoms with E-state index in [9.17, 15) is 4.79 Å². The molecule has 1 spiro atoms. The van der Waals surface area contributed by atoms with E-state index in [-0.39, 0.29) is 23.6 Å². The Morgan fingerprint density at radius 2 is 1.96 bits per heavy atom. The van der Waals surface area contributed by atoms with E-state index in [1.54, 1.807) is 0 Å². The molecule has 2 fully saturated rings. The molecule has 2 amide bonds. The maximum Gasteiger partial charge on any atom is 0.321 e. The maximum atomic E-state index is 12.9. The first-order chi connectivity index (χ1) is 12.8. The number of hydrogen-bond donors (Lipinski definition) is 1. The Morgan fingerprint density at radius 1 is 1.26 bits per heavy atom. The number of urea groups is 1. The third-order valence-electron chi connectivity index (χ3n) is 6.34. The van der Waals surface area contributed by atoms with Gasteiger partial charge in [0.15, 0.2) is 11.5 Å². The van der Waals surface area contributed by atoms with Crippen LogP contribution in [0, 0.1) is 5.41 Å². The van der Waals surface area contributed by atoms with E-state index in [1.807, 2.05) is 50.9 Å². The molecule has 0 aromatic heterocycles. The Labute approximate surface area is 161 Å². The molecule has 1 N–H and O–H groups in total. The lowest BCUT2D eigenvalue weighted by atomic mass is 9.60. The van der Waals surface area contributed by atoms with Gasteiger partial charge in [-0.25, -0.2) is 4.79 Å². The van der Waals surface area contributed by atoms with Gasteiger partial charge in [-0.2, -0.15) is 0 Å². The topological polar surface area (TPSA) is 60.0 Å². The third-order valence-corrected chi connectivity index (χ3v) is 6.34. The Balaban J connectivity index is 1.43. The highest BCUT2D eigenvalue weighted by molar-refractivity contribution is 5.90. The Morgan fingerprint density at radius 3 is 2.67 bits per heavy atom. The summed E-state index contributed by atoms with van der Waals surface area (Å²) in [5, 5.41) is 3.01. The van der Waals surface area contributed by atoms with E-state index in [4.69, 9.17) is 14.2 Å². The lowest BCUT2D eigenvalue weighted by molar-refractivity contribution is -0.150. The summed E-state index contributed by atoms with van der Waals surface area (Å²) in [7, 11) is 1.90. The predicted octanol–water partition coefficient (Wildman–Crippen LogP) is 4.40. The van der Waals surface area contributed by atoms with Gasteiger partial charge in [-0.3, -0.25) is 0 Å². The van der Waals surface area contributed by atoms with Gasteiger partial charge in [-0.15, -0.1) is 0 Å². The molecule has 0 radical (unpaired) electrons. The maximum absolute atomic E-state index is 12.9. The third kappa shape index (κ3) is 3.14. The molecule has 27 heavy (non-hydrogen) atoms. The van der Waals surface area contributed by atoms with Crippen LogP contribution < -0.4 is 14.8 Å². The highest BCUT2D eigenvalue weighted by atomic mass is 16.7. The van der Waals surface area contributed by atoms with Crippen LogP contribution in [0.4, 0.5) is 10.5 Å². The fourth-order valence-corrected chi connectivity index (χ4v) is 5.05.